The third kappa shape index (κ3) is 5.02. The molecule has 3 N–H and O–H groups in total. The Hall–Kier alpha value is -2.42. The number of phenols is 1. The van der Waals surface area contributed by atoms with E-state index in [1.807, 2.05) is 0 Å². The van der Waals surface area contributed by atoms with Gasteiger partial charge in [-0.2, -0.15) is 5.10 Å². The summed E-state index contributed by atoms with van der Waals surface area (Å²) in [5, 5.41) is 28.4. The molecule has 0 bridgehead atoms. The number of nitro groups is 1. The van der Waals surface area contributed by atoms with Crippen molar-refractivity contribution in [2.45, 2.75) is 38.6 Å². The molecule has 0 amide bonds. The van der Waals surface area contributed by atoms with E-state index in [1.165, 1.54) is 44.7 Å². The van der Waals surface area contributed by atoms with Crippen molar-refractivity contribution < 1.29 is 14.8 Å². The molecule has 136 valence electrons. The SMILES string of the molecule is COc1cc(/C=N/NC(=S)N[C@@H]2CCCC[C@@H]2C)cc([N+](=O)[O-])c1O. The number of nitrogens with one attached hydrogen (secondary N) is 2. The molecule has 1 saturated carbocycles. The lowest BCUT2D eigenvalue weighted by Gasteiger charge is -2.30. The van der Waals surface area contributed by atoms with Crippen LogP contribution in [0.2, 0.25) is 0 Å². The van der Waals surface area contributed by atoms with E-state index in [4.69, 9.17) is 17.0 Å². The number of thiocarbonyl (C=S) groups is 1. The lowest BCUT2D eigenvalue weighted by Crippen LogP contribution is -2.44. The summed E-state index contributed by atoms with van der Waals surface area (Å²) in [6.45, 7) is 2.20. The van der Waals surface area contributed by atoms with Gasteiger partial charge < -0.3 is 15.2 Å². The third-order valence-electron chi connectivity index (χ3n) is 4.30. The minimum atomic E-state index is -0.681. The number of rotatable bonds is 5. The predicted molar refractivity (Wildman–Crippen MR) is 99.2 cm³/mol. The van der Waals surface area contributed by atoms with Crippen molar-refractivity contribution >= 4 is 29.2 Å². The summed E-state index contributed by atoms with van der Waals surface area (Å²) in [4.78, 5) is 10.3. The van der Waals surface area contributed by atoms with Crippen LogP contribution >= 0.6 is 12.2 Å². The highest BCUT2D eigenvalue weighted by molar-refractivity contribution is 7.80. The maximum Gasteiger partial charge on any atom is 0.315 e. The highest BCUT2D eigenvalue weighted by Gasteiger charge is 2.21. The normalized spacial score (nSPS) is 20.2. The van der Waals surface area contributed by atoms with Crippen LogP contribution in [-0.2, 0) is 0 Å². The van der Waals surface area contributed by atoms with Crippen LogP contribution in [0.25, 0.3) is 0 Å². The summed E-state index contributed by atoms with van der Waals surface area (Å²) < 4.78 is 4.94. The second-order valence-corrected chi connectivity index (χ2v) is 6.47. The average Bonchev–Trinajstić information content (AvgIpc) is 2.58. The van der Waals surface area contributed by atoms with Crippen molar-refractivity contribution in [3.05, 3.63) is 27.8 Å². The van der Waals surface area contributed by atoms with Crippen LogP contribution in [0.3, 0.4) is 0 Å². The van der Waals surface area contributed by atoms with Crippen molar-refractivity contribution in [2.75, 3.05) is 7.11 Å². The number of hydrogen-bond acceptors (Lipinski definition) is 6. The van der Waals surface area contributed by atoms with Crippen molar-refractivity contribution in [1.29, 1.82) is 0 Å². The molecule has 1 aliphatic rings. The first-order valence-corrected chi connectivity index (χ1v) is 8.48. The topological polar surface area (TPSA) is 109 Å². The Kier molecular flexibility index (Phi) is 6.51. The van der Waals surface area contributed by atoms with Crippen LogP contribution in [0, 0.1) is 16.0 Å². The first kappa shape index (κ1) is 18.9. The summed E-state index contributed by atoms with van der Waals surface area (Å²) >= 11 is 5.23. The Morgan fingerprint density at radius 1 is 1.48 bits per heavy atom. The monoisotopic (exact) mass is 366 g/mol. The molecule has 0 radical (unpaired) electrons. The molecular weight excluding hydrogens is 344 g/mol. The van der Waals surface area contributed by atoms with E-state index in [1.54, 1.807) is 0 Å². The molecule has 2 rings (SSSR count). The number of nitro benzene ring substituents is 1. The summed E-state index contributed by atoms with van der Waals surface area (Å²) in [6.07, 6.45) is 6.08. The summed E-state index contributed by atoms with van der Waals surface area (Å²) in [5.74, 6) is 0.0509. The van der Waals surface area contributed by atoms with Gasteiger partial charge in [-0.1, -0.05) is 19.8 Å². The van der Waals surface area contributed by atoms with Gasteiger partial charge in [-0.15, -0.1) is 0 Å². The maximum atomic E-state index is 11.0. The molecule has 0 unspecified atom stereocenters. The first-order chi connectivity index (χ1) is 11.9. The molecule has 1 aromatic rings. The van der Waals surface area contributed by atoms with Gasteiger partial charge in [0.2, 0.25) is 5.75 Å². The van der Waals surface area contributed by atoms with E-state index in [9.17, 15) is 15.2 Å². The van der Waals surface area contributed by atoms with Gasteiger partial charge in [0.15, 0.2) is 10.9 Å². The molecule has 1 fully saturated rings. The molecular formula is C16H22N4O4S. The van der Waals surface area contributed by atoms with E-state index < -0.39 is 16.4 Å². The quantitative estimate of drug-likeness (QED) is 0.318. The first-order valence-electron chi connectivity index (χ1n) is 8.07. The van der Waals surface area contributed by atoms with Gasteiger partial charge in [0.1, 0.15) is 0 Å². The molecule has 0 spiro atoms. The van der Waals surface area contributed by atoms with Crippen LogP contribution in [-0.4, -0.2) is 34.5 Å². The fourth-order valence-corrected chi connectivity index (χ4v) is 3.08. The van der Waals surface area contributed by atoms with E-state index >= 15 is 0 Å². The average molecular weight is 366 g/mol. The second kappa shape index (κ2) is 8.61. The van der Waals surface area contributed by atoms with Gasteiger partial charge in [0.05, 0.1) is 18.2 Å². The number of hydrazone groups is 1. The smallest absolute Gasteiger partial charge is 0.315 e. The third-order valence-corrected chi connectivity index (χ3v) is 4.51. The molecule has 0 heterocycles. The minimum Gasteiger partial charge on any atom is -0.500 e. The Labute approximate surface area is 151 Å². The van der Waals surface area contributed by atoms with Crippen molar-refractivity contribution in [3.8, 4) is 11.5 Å². The zero-order valence-electron chi connectivity index (χ0n) is 14.2. The van der Waals surface area contributed by atoms with Crippen molar-refractivity contribution in [1.82, 2.24) is 10.7 Å². The summed E-state index contributed by atoms with van der Waals surface area (Å²) in [5.41, 5.74) is 2.67. The van der Waals surface area contributed by atoms with Crippen molar-refractivity contribution in [2.24, 2.45) is 11.0 Å². The van der Waals surface area contributed by atoms with Gasteiger partial charge in [-0.3, -0.25) is 15.5 Å². The molecule has 1 aromatic carbocycles. The maximum absolute atomic E-state index is 11.0. The van der Waals surface area contributed by atoms with Gasteiger partial charge in [-0.05, 0) is 37.0 Å². The fourth-order valence-electron chi connectivity index (χ4n) is 2.88. The molecule has 0 aliphatic heterocycles. The van der Waals surface area contributed by atoms with Crippen LogP contribution in [0.1, 0.15) is 38.2 Å². The van der Waals surface area contributed by atoms with Crippen LogP contribution < -0.4 is 15.5 Å². The highest BCUT2D eigenvalue weighted by atomic mass is 32.1. The molecule has 8 nitrogen and oxygen atoms in total. The van der Waals surface area contributed by atoms with Crippen molar-refractivity contribution in [3.63, 3.8) is 0 Å². The van der Waals surface area contributed by atoms with Crippen LogP contribution in [0.5, 0.6) is 11.5 Å². The number of phenolic OH excluding ortho intramolecular Hbond substituents is 1. The zero-order valence-corrected chi connectivity index (χ0v) is 15.0. The number of methoxy groups -OCH3 is 1. The number of ether oxygens (including phenoxy) is 1. The zero-order chi connectivity index (χ0) is 18.4. The summed E-state index contributed by atoms with van der Waals surface area (Å²) in [6, 6.07) is 2.99. The fraction of sp³-hybridized carbons (Fsp3) is 0.500. The Morgan fingerprint density at radius 3 is 2.84 bits per heavy atom. The van der Waals surface area contributed by atoms with E-state index in [0.717, 1.165) is 6.42 Å². The standard InChI is InChI=1S/C16H22N4O4S/c1-10-5-3-4-6-12(10)18-16(25)19-17-9-11-7-13(20(22)23)15(21)14(8-11)24-2/h7-10,12,21H,3-6H2,1-2H3,(H2,18,19,25)/b17-9+/t10-,12+/m0/s1. The molecule has 0 aromatic heterocycles. The van der Waals surface area contributed by atoms with E-state index in [0.29, 0.717) is 22.6 Å². The lowest BCUT2D eigenvalue weighted by atomic mass is 9.86. The van der Waals surface area contributed by atoms with Gasteiger partial charge in [0, 0.05) is 17.7 Å². The Balaban J connectivity index is 2.00. The van der Waals surface area contributed by atoms with Gasteiger partial charge >= 0.3 is 5.69 Å². The molecule has 1 aliphatic carbocycles. The second-order valence-electron chi connectivity index (χ2n) is 6.06. The van der Waals surface area contributed by atoms with Gasteiger partial charge in [0.25, 0.3) is 0 Å². The molecule has 0 saturated heterocycles. The Bertz CT molecular complexity index is 680. The highest BCUT2D eigenvalue weighted by Crippen LogP contribution is 2.36. The molecule has 25 heavy (non-hydrogen) atoms. The number of hydrogen-bond donors (Lipinski definition) is 3. The number of aromatic hydroxyl groups is 1. The minimum absolute atomic E-state index is 0.00684. The van der Waals surface area contributed by atoms with E-state index in [-0.39, 0.29) is 5.75 Å². The molecule has 2 atom stereocenters. The van der Waals surface area contributed by atoms with Crippen LogP contribution in [0.15, 0.2) is 17.2 Å². The lowest BCUT2D eigenvalue weighted by molar-refractivity contribution is -0.386. The molecule has 9 heteroatoms. The Morgan fingerprint density at radius 2 is 2.20 bits per heavy atom. The summed E-state index contributed by atoms with van der Waals surface area (Å²) in [7, 11) is 1.32. The van der Waals surface area contributed by atoms with Crippen LogP contribution in [0.4, 0.5) is 5.69 Å². The number of benzene rings is 1. The largest absolute Gasteiger partial charge is 0.500 e. The van der Waals surface area contributed by atoms with E-state index in [2.05, 4.69) is 22.8 Å². The predicted octanol–water partition coefficient (Wildman–Crippen LogP) is 2.69. The number of nitrogens with zero attached hydrogens (tertiary/aromatic N) is 2. The van der Waals surface area contributed by atoms with Gasteiger partial charge in [-0.25, -0.2) is 0 Å².